The van der Waals surface area contributed by atoms with Crippen molar-refractivity contribution in [1.29, 1.82) is 0 Å². The zero-order valence-electron chi connectivity index (χ0n) is 16.0. The number of nitro groups is 1. The number of nitrogens with zero attached hydrogens (tertiary/aromatic N) is 1. The summed E-state index contributed by atoms with van der Waals surface area (Å²) >= 11 is 0. The molecule has 0 aliphatic heterocycles. The van der Waals surface area contributed by atoms with Gasteiger partial charge in [-0.2, -0.15) is 0 Å². The predicted molar refractivity (Wildman–Crippen MR) is 111 cm³/mol. The molecular weight excluding hydrogens is 398 g/mol. The predicted octanol–water partition coefficient (Wildman–Crippen LogP) is 3.82. The minimum Gasteiger partial charge on any atom is -0.497 e. The van der Waals surface area contributed by atoms with Gasteiger partial charge in [0.2, 0.25) is 0 Å². The standard InChI is InChI=1S/C20H23N3O5.ClH/c1-27-16-7-9-17(10-8-16)28-19-11-6-15(23(25)26)12-18(19)20(24)22-14-4-2-13(21)3-5-14;/h6-14H,2-5,21H2,1H3,(H,22,24);1H. The Bertz CT molecular complexity index is 852. The molecule has 0 spiro atoms. The number of hydrogen-bond donors (Lipinski definition) is 2. The van der Waals surface area contributed by atoms with E-state index in [9.17, 15) is 14.9 Å². The van der Waals surface area contributed by atoms with Crippen molar-refractivity contribution in [3.8, 4) is 17.2 Å². The summed E-state index contributed by atoms with van der Waals surface area (Å²) in [4.78, 5) is 23.4. The first-order valence-corrected chi connectivity index (χ1v) is 9.13. The van der Waals surface area contributed by atoms with Gasteiger partial charge >= 0.3 is 0 Å². The average molecular weight is 422 g/mol. The summed E-state index contributed by atoms with van der Waals surface area (Å²) < 4.78 is 10.9. The first-order chi connectivity index (χ1) is 13.5. The van der Waals surface area contributed by atoms with Crippen molar-refractivity contribution in [3.05, 3.63) is 58.1 Å². The smallest absolute Gasteiger partial charge is 0.270 e. The van der Waals surface area contributed by atoms with E-state index >= 15 is 0 Å². The second kappa shape index (κ2) is 10.1. The zero-order valence-corrected chi connectivity index (χ0v) is 16.8. The number of rotatable bonds is 6. The number of ether oxygens (including phenoxy) is 2. The minimum atomic E-state index is -0.534. The van der Waals surface area contributed by atoms with Crippen LogP contribution >= 0.6 is 12.4 Å². The maximum atomic E-state index is 12.8. The Hall–Kier alpha value is -2.84. The normalized spacial score (nSPS) is 18.3. The van der Waals surface area contributed by atoms with Crippen molar-refractivity contribution in [3.63, 3.8) is 0 Å². The molecule has 0 atom stereocenters. The summed E-state index contributed by atoms with van der Waals surface area (Å²) in [6.07, 6.45) is 3.26. The summed E-state index contributed by atoms with van der Waals surface area (Å²) in [5.41, 5.74) is 5.86. The van der Waals surface area contributed by atoms with Gasteiger partial charge in [0.25, 0.3) is 11.6 Å². The molecule has 3 rings (SSSR count). The molecule has 1 aliphatic carbocycles. The fraction of sp³-hybridized carbons (Fsp3) is 0.350. The van der Waals surface area contributed by atoms with Gasteiger partial charge in [-0.15, -0.1) is 12.4 Å². The van der Waals surface area contributed by atoms with Crippen molar-refractivity contribution in [1.82, 2.24) is 5.32 Å². The van der Waals surface area contributed by atoms with Crippen molar-refractivity contribution in [2.24, 2.45) is 5.73 Å². The molecule has 1 saturated carbocycles. The van der Waals surface area contributed by atoms with Crippen molar-refractivity contribution in [2.45, 2.75) is 37.8 Å². The van der Waals surface area contributed by atoms with Gasteiger partial charge in [0.15, 0.2) is 0 Å². The molecule has 0 heterocycles. The third-order valence-corrected chi connectivity index (χ3v) is 4.81. The number of amides is 1. The molecule has 0 radical (unpaired) electrons. The number of halogens is 1. The van der Waals surface area contributed by atoms with E-state index in [2.05, 4.69) is 5.32 Å². The van der Waals surface area contributed by atoms with E-state index in [1.54, 1.807) is 31.4 Å². The van der Waals surface area contributed by atoms with E-state index in [0.29, 0.717) is 11.5 Å². The topological polar surface area (TPSA) is 117 Å². The van der Waals surface area contributed by atoms with E-state index < -0.39 is 10.8 Å². The molecule has 1 amide bonds. The zero-order chi connectivity index (χ0) is 20.1. The van der Waals surface area contributed by atoms with Crippen molar-refractivity contribution >= 4 is 24.0 Å². The molecule has 9 heteroatoms. The lowest BCUT2D eigenvalue weighted by Crippen LogP contribution is -2.40. The molecule has 156 valence electrons. The molecule has 1 fully saturated rings. The molecule has 29 heavy (non-hydrogen) atoms. The molecule has 3 N–H and O–H groups in total. The van der Waals surface area contributed by atoms with Crippen LogP contribution in [-0.4, -0.2) is 30.0 Å². The number of nitrogens with one attached hydrogen (secondary N) is 1. The highest BCUT2D eigenvalue weighted by Crippen LogP contribution is 2.30. The quantitative estimate of drug-likeness (QED) is 0.541. The van der Waals surface area contributed by atoms with Crippen LogP contribution in [0.15, 0.2) is 42.5 Å². The van der Waals surface area contributed by atoms with Crippen LogP contribution in [0.2, 0.25) is 0 Å². The molecule has 0 saturated heterocycles. The van der Waals surface area contributed by atoms with Gasteiger partial charge in [0.1, 0.15) is 17.2 Å². The molecule has 0 bridgehead atoms. The van der Waals surface area contributed by atoms with Crippen LogP contribution in [-0.2, 0) is 0 Å². The molecule has 2 aromatic carbocycles. The van der Waals surface area contributed by atoms with Crippen LogP contribution < -0.4 is 20.5 Å². The summed E-state index contributed by atoms with van der Waals surface area (Å²) in [7, 11) is 1.56. The maximum absolute atomic E-state index is 12.8. The van der Waals surface area contributed by atoms with Gasteiger partial charge in [0, 0.05) is 24.2 Å². The molecular formula is C20H24ClN3O5. The number of carbonyl (C=O) groups is 1. The van der Waals surface area contributed by atoms with E-state index in [0.717, 1.165) is 25.7 Å². The average Bonchev–Trinajstić information content (AvgIpc) is 2.70. The van der Waals surface area contributed by atoms with E-state index in [4.69, 9.17) is 15.2 Å². The second-order valence-corrected chi connectivity index (χ2v) is 6.80. The van der Waals surface area contributed by atoms with Crippen LogP contribution in [0.5, 0.6) is 17.2 Å². The number of non-ortho nitro benzene ring substituents is 1. The highest BCUT2D eigenvalue weighted by molar-refractivity contribution is 5.98. The van der Waals surface area contributed by atoms with Crippen LogP contribution in [0.3, 0.4) is 0 Å². The van der Waals surface area contributed by atoms with E-state index in [1.165, 1.54) is 18.2 Å². The largest absolute Gasteiger partial charge is 0.497 e. The number of methoxy groups -OCH3 is 1. The first kappa shape index (κ1) is 22.4. The number of nitro benzene ring substituents is 1. The minimum absolute atomic E-state index is 0. The van der Waals surface area contributed by atoms with E-state index in [-0.39, 0.29) is 41.5 Å². The SMILES string of the molecule is COc1ccc(Oc2ccc([N+](=O)[O-])cc2C(=O)NC2CCC(N)CC2)cc1.Cl. The van der Waals surface area contributed by atoms with Gasteiger partial charge in [-0.1, -0.05) is 0 Å². The Morgan fingerprint density at radius 3 is 2.31 bits per heavy atom. The van der Waals surface area contributed by atoms with Gasteiger partial charge in [-0.25, -0.2) is 0 Å². The fourth-order valence-electron chi connectivity index (χ4n) is 3.20. The second-order valence-electron chi connectivity index (χ2n) is 6.80. The summed E-state index contributed by atoms with van der Waals surface area (Å²) in [5, 5.41) is 14.1. The van der Waals surface area contributed by atoms with Gasteiger partial charge in [-0.3, -0.25) is 14.9 Å². The lowest BCUT2D eigenvalue weighted by molar-refractivity contribution is -0.384. The van der Waals surface area contributed by atoms with Gasteiger partial charge < -0.3 is 20.5 Å². The number of nitrogens with two attached hydrogens (primary N) is 1. The lowest BCUT2D eigenvalue weighted by Gasteiger charge is -2.27. The Balaban J connectivity index is 0.00000300. The third kappa shape index (κ3) is 5.82. The number of benzene rings is 2. The summed E-state index contributed by atoms with van der Waals surface area (Å²) in [5.74, 6) is 1.02. The van der Waals surface area contributed by atoms with Gasteiger partial charge in [0.05, 0.1) is 17.6 Å². The fourth-order valence-corrected chi connectivity index (χ4v) is 3.20. The highest BCUT2D eigenvalue weighted by atomic mass is 35.5. The monoisotopic (exact) mass is 421 g/mol. The molecule has 0 aromatic heterocycles. The molecule has 8 nitrogen and oxygen atoms in total. The Labute approximate surface area is 174 Å². The Kier molecular flexibility index (Phi) is 7.81. The van der Waals surface area contributed by atoms with Crippen molar-refractivity contribution in [2.75, 3.05) is 7.11 Å². The van der Waals surface area contributed by atoms with Crippen LogP contribution in [0, 0.1) is 10.1 Å². The van der Waals surface area contributed by atoms with Gasteiger partial charge in [-0.05, 0) is 56.0 Å². The summed E-state index contributed by atoms with van der Waals surface area (Å²) in [6.45, 7) is 0. The number of hydrogen-bond acceptors (Lipinski definition) is 6. The Morgan fingerprint density at radius 1 is 1.10 bits per heavy atom. The number of carbonyl (C=O) groups excluding carboxylic acids is 1. The lowest BCUT2D eigenvalue weighted by atomic mass is 9.91. The Morgan fingerprint density at radius 2 is 1.72 bits per heavy atom. The first-order valence-electron chi connectivity index (χ1n) is 9.13. The van der Waals surface area contributed by atoms with Crippen LogP contribution in [0.4, 0.5) is 5.69 Å². The van der Waals surface area contributed by atoms with Crippen LogP contribution in [0.1, 0.15) is 36.0 Å². The maximum Gasteiger partial charge on any atom is 0.270 e. The molecule has 1 aliphatic rings. The third-order valence-electron chi connectivity index (χ3n) is 4.81. The van der Waals surface area contributed by atoms with E-state index in [1.807, 2.05) is 0 Å². The summed E-state index contributed by atoms with van der Waals surface area (Å²) in [6, 6.07) is 11.0. The molecule has 2 aromatic rings. The van der Waals surface area contributed by atoms with Crippen molar-refractivity contribution < 1.29 is 19.2 Å². The highest BCUT2D eigenvalue weighted by Gasteiger charge is 2.24. The van der Waals surface area contributed by atoms with Crippen LogP contribution in [0.25, 0.3) is 0 Å². The molecule has 0 unspecified atom stereocenters.